The number of carbonyl (C=O) groups is 1. The van der Waals surface area contributed by atoms with Gasteiger partial charge in [0, 0.05) is 0 Å². The van der Waals surface area contributed by atoms with E-state index in [-0.39, 0.29) is 35.5 Å². The van der Waals surface area contributed by atoms with Crippen molar-refractivity contribution in [1.29, 1.82) is 0 Å². The molecule has 0 fully saturated rings. The van der Waals surface area contributed by atoms with E-state index in [1.807, 2.05) is 0 Å². The molecule has 17 heavy (non-hydrogen) atoms. The van der Waals surface area contributed by atoms with Crippen LogP contribution in [0.1, 0.15) is 6.92 Å². The molecule has 0 aromatic rings. The summed E-state index contributed by atoms with van der Waals surface area (Å²) in [5, 5.41) is 29.5. The van der Waals surface area contributed by atoms with Crippen molar-refractivity contribution in [2.75, 3.05) is 0 Å². The topological polar surface area (TPSA) is 324 Å². The van der Waals surface area contributed by atoms with E-state index in [1.165, 1.54) is 6.92 Å². The fourth-order valence-electron chi connectivity index (χ4n) is 0. The van der Waals surface area contributed by atoms with Gasteiger partial charge in [0.15, 0.2) is 0 Å². The molecule has 0 spiro atoms. The van der Waals surface area contributed by atoms with Gasteiger partial charge in [-0.05, 0) is 0 Å². The van der Waals surface area contributed by atoms with Gasteiger partial charge < -0.3 is 61.4 Å². The van der Waals surface area contributed by atoms with Crippen molar-refractivity contribution in [3.05, 3.63) is 30.6 Å². The summed E-state index contributed by atoms with van der Waals surface area (Å²) in [6.45, 7) is 1.39. The van der Waals surface area contributed by atoms with E-state index in [0.29, 0.717) is 0 Å². The Morgan fingerprint density at radius 1 is 0.824 bits per heavy atom. The van der Waals surface area contributed by atoms with Crippen LogP contribution in [0.3, 0.4) is 0 Å². The van der Waals surface area contributed by atoms with Crippen molar-refractivity contribution in [1.82, 2.24) is 30.8 Å². The molecule has 14 nitrogen and oxygen atoms in total. The molecule has 0 aliphatic carbocycles. The number of nitrogens with zero attached hydrogens (tertiary/aromatic N) is 2. The van der Waals surface area contributed by atoms with Crippen LogP contribution in [0.15, 0.2) is 0 Å². The molecule has 0 radical (unpaired) electrons. The van der Waals surface area contributed by atoms with Crippen LogP contribution >= 0.6 is 0 Å². The van der Waals surface area contributed by atoms with Crippen molar-refractivity contribution >= 4 is 4.72 Å². The maximum absolute atomic E-state index is 9.31. The third kappa shape index (κ3) is 835. The first kappa shape index (κ1) is 58.4. The fraction of sp³-hybridized carbons (Fsp3) is 0.500. The molecule has 0 amide bonds. The third-order valence-corrected chi connectivity index (χ3v) is 0. The Labute approximate surface area is 104 Å². The zero-order valence-electron chi connectivity index (χ0n) is 9.12. The quantitative estimate of drug-likeness (QED) is 0.299. The maximum atomic E-state index is 9.31. The van der Waals surface area contributed by atoms with Gasteiger partial charge in [0.25, 0.3) is 0 Å². The van der Waals surface area contributed by atoms with Gasteiger partial charge in [0.05, 0.1) is 10.2 Å². The van der Waals surface area contributed by atoms with Gasteiger partial charge in [-0.25, -0.2) is 0 Å². The van der Waals surface area contributed by atoms with Gasteiger partial charge >= 0.3 is 32.2 Å². The largest absolute Gasteiger partial charge is 0.356 e. The van der Waals surface area contributed by atoms with Crippen molar-refractivity contribution in [3.8, 4) is 0 Å². The van der Waals surface area contributed by atoms with Crippen LogP contribution in [0.5, 0.6) is 0 Å². The van der Waals surface area contributed by atoms with Crippen molar-refractivity contribution in [2.24, 2.45) is 0 Å². The first-order valence-electron chi connectivity index (χ1n) is 1.97. The molecular formula is C2H18CoN7O7. The summed E-state index contributed by atoms with van der Waals surface area (Å²) < 4.78 is -0.146. The summed E-state index contributed by atoms with van der Waals surface area (Å²) in [6.07, 6.45) is 0. The minimum atomic E-state index is -1.75. The minimum Gasteiger partial charge on any atom is -0.356 e. The second-order valence-electron chi connectivity index (χ2n) is 0.886. The summed E-state index contributed by atoms with van der Waals surface area (Å²) >= 11 is 3.37. The molecule has 0 aromatic heterocycles. The van der Waals surface area contributed by atoms with Gasteiger partial charge in [0.1, 0.15) is 0 Å². The van der Waals surface area contributed by atoms with Gasteiger partial charge in [-0.1, -0.05) is 0 Å². The van der Waals surface area contributed by atoms with Crippen molar-refractivity contribution < 1.29 is 30.7 Å². The number of hydrogen-bond donors (Lipinski definition) is 5. The Morgan fingerprint density at radius 3 is 0.824 bits per heavy atom. The van der Waals surface area contributed by atoms with E-state index in [4.69, 9.17) is 30.6 Å². The van der Waals surface area contributed by atoms with E-state index in [9.17, 15) is 4.79 Å². The van der Waals surface area contributed by atoms with E-state index in [0.717, 1.165) is 0 Å². The fourth-order valence-corrected chi connectivity index (χ4v) is 0. The van der Waals surface area contributed by atoms with E-state index in [1.54, 1.807) is 0 Å². The van der Waals surface area contributed by atoms with Crippen molar-refractivity contribution in [2.45, 2.75) is 6.92 Å². The summed E-state index contributed by atoms with van der Waals surface area (Å²) in [5.74, 6) is 0. The molecule has 0 rings (SSSR count). The van der Waals surface area contributed by atoms with E-state index >= 15 is 0 Å². The third-order valence-electron chi connectivity index (χ3n) is 0. The SMILES string of the molecule is C[C](=O)[Co+2].N.N.N.N.N.O=[N+]([O-])[O-].O=[N+]([O-])[O-]. The number of hydrogen-bond acceptors (Lipinski definition) is 12. The molecule has 0 atom stereocenters. The number of rotatable bonds is 0. The van der Waals surface area contributed by atoms with Crippen LogP contribution in [0.25, 0.3) is 0 Å². The summed E-state index contributed by atoms with van der Waals surface area (Å²) in [7, 11) is 0. The molecule has 15 N–H and O–H groups in total. The molecule has 0 unspecified atom stereocenters. The molecule has 0 bridgehead atoms. The van der Waals surface area contributed by atoms with Crippen molar-refractivity contribution in [3.63, 3.8) is 0 Å². The normalized spacial score (nSPS) is 4.35. The van der Waals surface area contributed by atoms with Crippen LogP contribution in [0.4, 0.5) is 0 Å². The molecule has 0 saturated heterocycles. The molecule has 0 heterocycles. The molecule has 0 aromatic carbocycles. The molecule has 15 heteroatoms. The van der Waals surface area contributed by atoms with Crippen LogP contribution in [0, 0.1) is 30.6 Å². The van der Waals surface area contributed by atoms with Gasteiger partial charge in [-0.2, -0.15) is 0 Å². The Morgan fingerprint density at radius 2 is 0.824 bits per heavy atom. The first-order valence-corrected chi connectivity index (χ1v) is 2.49. The Bertz CT molecular complexity index is 126. The predicted molar refractivity (Wildman–Crippen MR) is 56.5 cm³/mol. The second kappa shape index (κ2) is 47.3. The predicted octanol–water partition coefficient (Wildman–Crippen LogP) is 0.412. The summed E-state index contributed by atoms with van der Waals surface area (Å²) in [6, 6.07) is 0. The van der Waals surface area contributed by atoms with E-state index in [2.05, 4.69) is 15.7 Å². The maximum Gasteiger partial charge on any atom is 0.0689 e. The molecular weight excluding hydrogens is 293 g/mol. The first-order chi connectivity index (χ1) is 5.20. The van der Waals surface area contributed by atoms with Gasteiger partial charge in [-0.15, -0.1) is 0 Å². The zero-order chi connectivity index (χ0) is 10.7. The molecule has 0 aliphatic rings. The zero-order valence-corrected chi connectivity index (χ0v) is 10.2. The standard InChI is InChI=1S/C2H3O.Co.2NO3.5H3N/c1-2-3;;2*2-1(3)4;;;;;/h1H3;;;;5*1H3/q;+2;2*-1;;;;;. The Kier molecular flexibility index (Phi) is 162. The average Bonchev–Trinajstić information content (AvgIpc) is 1.54. The molecule has 112 valence electrons. The van der Waals surface area contributed by atoms with Crippen LogP contribution in [-0.4, -0.2) is 14.9 Å². The number of carbonyl (C=O) groups excluding carboxylic acids is 1. The van der Waals surface area contributed by atoms with Crippen LogP contribution in [0.2, 0.25) is 0 Å². The van der Waals surface area contributed by atoms with Crippen LogP contribution < -0.4 is 30.8 Å². The smallest absolute Gasteiger partial charge is 0.0689 e. The van der Waals surface area contributed by atoms with Gasteiger partial charge in [-0.3, -0.25) is 0 Å². The summed E-state index contributed by atoms with van der Waals surface area (Å²) in [4.78, 5) is 25.8. The monoisotopic (exact) mass is 311 g/mol. The summed E-state index contributed by atoms with van der Waals surface area (Å²) in [5.41, 5.74) is 0. The molecule has 0 aliphatic heterocycles. The Hall–Kier alpha value is -1.62. The minimum absolute atomic E-state index is 0. The second-order valence-corrected chi connectivity index (χ2v) is 1.62. The Balaban J connectivity index is -0.0000000104. The molecule has 0 saturated carbocycles. The van der Waals surface area contributed by atoms with Gasteiger partial charge in [0.2, 0.25) is 0 Å². The average molecular weight is 311 g/mol. The van der Waals surface area contributed by atoms with E-state index < -0.39 is 10.2 Å². The van der Waals surface area contributed by atoms with Crippen LogP contribution in [-0.2, 0) is 20.5 Å².